The van der Waals surface area contributed by atoms with Gasteiger partial charge in [-0.25, -0.2) is 4.68 Å². The number of ether oxygens (including phenoxy) is 1. The molecule has 0 saturated carbocycles. The van der Waals surface area contributed by atoms with E-state index in [0.717, 1.165) is 24.4 Å². The van der Waals surface area contributed by atoms with Gasteiger partial charge in [0.2, 0.25) is 0 Å². The van der Waals surface area contributed by atoms with Gasteiger partial charge in [0.05, 0.1) is 18.4 Å². The van der Waals surface area contributed by atoms with E-state index in [-0.39, 0.29) is 0 Å². The summed E-state index contributed by atoms with van der Waals surface area (Å²) in [6.45, 7) is 2.87. The Morgan fingerprint density at radius 2 is 2.09 bits per heavy atom. The third kappa shape index (κ3) is 3.50. The van der Waals surface area contributed by atoms with E-state index < -0.39 is 0 Å². The third-order valence-electron chi connectivity index (χ3n) is 3.11. The van der Waals surface area contributed by atoms with Crippen molar-refractivity contribution >= 4 is 11.8 Å². The minimum Gasteiger partial charge on any atom is -0.496 e. The molecule has 8 nitrogen and oxygen atoms in total. The zero-order valence-corrected chi connectivity index (χ0v) is 13.7. The Bertz CT molecular complexity index is 772. The fourth-order valence-electron chi connectivity index (χ4n) is 2.04. The summed E-state index contributed by atoms with van der Waals surface area (Å²) in [6.07, 6.45) is 0.973. The Morgan fingerprint density at radius 1 is 1.22 bits per heavy atom. The van der Waals surface area contributed by atoms with E-state index in [9.17, 15) is 0 Å². The van der Waals surface area contributed by atoms with E-state index in [0.29, 0.717) is 22.6 Å². The second-order valence-corrected chi connectivity index (χ2v) is 5.61. The molecular formula is C14H16N6O2S. The van der Waals surface area contributed by atoms with Crippen LogP contribution in [-0.4, -0.2) is 37.5 Å². The maximum Gasteiger partial charge on any atom is 0.277 e. The lowest BCUT2D eigenvalue weighted by molar-refractivity contribution is 0.411. The number of thioether (sulfide) groups is 1. The number of benzene rings is 1. The largest absolute Gasteiger partial charge is 0.496 e. The second-order valence-electron chi connectivity index (χ2n) is 4.68. The highest BCUT2D eigenvalue weighted by Crippen LogP contribution is 2.30. The molecule has 0 spiro atoms. The molecular weight excluding hydrogens is 316 g/mol. The van der Waals surface area contributed by atoms with Crippen LogP contribution in [0.1, 0.15) is 19.2 Å². The zero-order valence-electron chi connectivity index (χ0n) is 12.8. The second kappa shape index (κ2) is 7.23. The minimum absolute atomic E-state index is 0.429. The van der Waals surface area contributed by atoms with Crippen molar-refractivity contribution in [3.8, 4) is 17.2 Å². The van der Waals surface area contributed by atoms with Crippen LogP contribution in [0.15, 0.2) is 33.9 Å². The number of aryl methyl sites for hydroxylation is 1. The molecule has 0 N–H and O–H groups in total. The van der Waals surface area contributed by atoms with Gasteiger partial charge in [-0.15, -0.1) is 15.3 Å². The fourth-order valence-corrected chi connectivity index (χ4v) is 2.73. The van der Waals surface area contributed by atoms with E-state index in [2.05, 4.69) is 32.6 Å². The molecule has 0 aliphatic carbocycles. The first kappa shape index (κ1) is 15.5. The van der Waals surface area contributed by atoms with Crippen molar-refractivity contribution in [1.82, 2.24) is 30.4 Å². The number of methoxy groups -OCH3 is 1. The van der Waals surface area contributed by atoms with Crippen LogP contribution < -0.4 is 4.74 Å². The molecule has 2 aromatic heterocycles. The standard InChI is InChI=1S/C14H16N6O2S/c1-3-8-20-12(15-18-19-20)9-23-14-17-16-13(22-14)10-6-4-5-7-11(10)21-2/h4-7H,3,8-9H2,1-2H3. The number of nitrogens with zero attached hydrogens (tertiary/aromatic N) is 6. The molecule has 0 amide bonds. The van der Waals surface area contributed by atoms with E-state index in [4.69, 9.17) is 9.15 Å². The third-order valence-corrected chi connectivity index (χ3v) is 3.92. The van der Waals surface area contributed by atoms with Crippen molar-refractivity contribution in [3.05, 3.63) is 30.1 Å². The summed E-state index contributed by atoms with van der Waals surface area (Å²) in [5.74, 6) is 2.48. The molecule has 120 valence electrons. The molecule has 0 atom stereocenters. The van der Waals surface area contributed by atoms with Crippen molar-refractivity contribution < 1.29 is 9.15 Å². The van der Waals surface area contributed by atoms with Crippen LogP contribution >= 0.6 is 11.8 Å². The van der Waals surface area contributed by atoms with Gasteiger partial charge >= 0.3 is 0 Å². The smallest absolute Gasteiger partial charge is 0.277 e. The van der Waals surface area contributed by atoms with Crippen molar-refractivity contribution in [2.75, 3.05) is 7.11 Å². The summed E-state index contributed by atoms with van der Waals surface area (Å²) in [6, 6.07) is 7.52. The topological polar surface area (TPSA) is 91.8 Å². The number of rotatable bonds is 7. The first-order chi connectivity index (χ1) is 11.3. The minimum atomic E-state index is 0.429. The van der Waals surface area contributed by atoms with Gasteiger partial charge < -0.3 is 9.15 Å². The van der Waals surface area contributed by atoms with Gasteiger partial charge in [0.25, 0.3) is 11.1 Å². The average molecular weight is 332 g/mol. The molecule has 0 aliphatic heterocycles. The Labute approximate surface area is 137 Å². The lowest BCUT2D eigenvalue weighted by atomic mass is 10.2. The number of tetrazole rings is 1. The maximum absolute atomic E-state index is 5.69. The molecule has 2 heterocycles. The summed E-state index contributed by atoms with van der Waals surface area (Å²) in [4.78, 5) is 0. The van der Waals surface area contributed by atoms with Crippen molar-refractivity contribution in [2.24, 2.45) is 0 Å². The SMILES string of the molecule is CCCn1nnnc1CSc1nnc(-c2ccccc2OC)o1. The Kier molecular flexibility index (Phi) is 4.86. The summed E-state index contributed by atoms with van der Waals surface area (Å²) in [7, 11) is 1.61. The average Bonchev–Trinajstić information content (AvgIpc) is 3.22. The highest BCUT2D eigenvalue weighted by Gasteiger charge is 2.14. The van der Waals surface area contributed by atoms with Crippen molar-refractivity contribution in [2.45, 2.75) is 30.9 Å². The van der Waals surface area contributed by atoms with Crippen LogP contribution in [0.4, 0.5) is 0 Å². The zero-order chi connectivity index (χ0) is 16.1. The van der Waals surface area contributed by atoms with E-state index >= 15 is 0 Å². The highest BCUT2D eigenvalue weighted by atomic mass is 32.2. The van der Waals surface area contributed by atoms with Gasteiger partial charge in [0.15, 0.2) is 5.82 Å². The molecule has 9 heteroatoms. The van der Waals surface area contributed by atoms with Crippen molar-refractivity contribution in [1.29, 1.82) is 0 Å². The molecule has 0 saturated heterocycles. The first-order valence-electron chi connectivity index (χ1n) is 7.16. The molecule has 0 aliphatic rings. The van der Waals surface area contributed by atoms with E-state index in [1.165, 1.54) is 11.8 Å². The van der Waals surface area contributed by atoms with Crippen LogP contribution in [0.5, 0.6) is 5.75 Å². The number of aromatic nitrogens is 6. The van der Waals surface area contributed by atoms with Crippen LogP contribution in [-0.2, 0) is 12.3 Å². The summed E-state index contributed by atoms with van der Waals surface area (Å²) >= 11 is 1.40. The highest BCUT2D eigenvalue weighted by molar-refractivity contribution is 7.98. The summed E-state index contributed by atoms with van der Waals surface area (Å²) < 4.78 is 12.8. The van der Waals surface area contributed by atoms with Crippen LogP contribution in [0.25, 0.3) is 11.5 Å². The first-order valence-corrected chi connectivity index (χ1v) is 8.15. The Hall–Kier alpha value is -2.42. The fraction of sp³-hybridized carbons (Fsp3) is 0.357. The predicted molar refractivity (Wildman–Crippen MR) is 84.0 cm³/mol. The lowest BCUT2D eigenvalue weighted by Gasteiger charge is -2.03. The summed E-state index contributed by atoms with van der Waals surface area (Å²) in [5.41, 5.74) is 0.769. The molecule has 0 bridgehead atoms. The Morgan fingerprint density at radius 3 is 2.91 bits per heavy atom. The van der Waals surface area contributed by atoms with E-state index in [1.54, 1.807) is 11.8 Å². The normalized spacial score (nSPS) is 10.9. The van der Waals surface area contributed by atoms with Gasteiger partial charge in [-0.1, -0.05) is 30.8 Å². The molecule has 1 aromatic carbocycles. The number of para-hydroxylation sites is 1. The van der Waals surface area contributed by atoms with Crippen LogP contribution in [0.3, 0.4) is 0 Å². The van der Waals surface area contributed by atoms with Gasteiger partial charge in [-0.2, -0.15) is 0 Å². The molecule has 23 heavy (non-hydrogen) atoms. The molecule has 0 fully saturated rings. The van der Waals surface area contributed by atoms with Crippen LogP contribution in [0.2, 0.25) is 0 Å². The van der Waals surface area contributed by atoms with Gasteiger partial charge in [-0.05, 0) is 29.0 Å². The quantitative estimate of drug-likeness (QED) is 0.609. The predicted octanol–water partition coefficient (Wildman–Crippen LogP) is 2.43. The monoisotopic (exact) mass is 332 g/mol. The van der Waals surface area contributed by atoms with Crippen molar-refractivity contribution in [3.63, 3.8) is 0 Å². The van der Waals surface area contributed by atoms with E-state index in [1.807, 2.05) is 24.3 Å². The van der Waals surface area contributed by atoms with Gasteiger partial charge in [0.1, 0.15) is 5.75 Å². The van der Waals surface area contributed by atoms with Gasteiger partial charge in [0, 0.05) is 6.54 Å². The van der Waals surface area contributed by atoms with Crippen LogP contribution in [0, 0.1) is 0 Å². The summed E-state index contributed by atoms with van der Waals surface area (Å²) in [5, 5.41) is 20.3. The van der Waals surface area contributed by atoms with Gasteiger partial charge in [-0.3, -0.25) is 0 Å². The Balaban J connectivity index is 1.71. The maximum atomic E-state index is 5.69. The number of hydrogen-bond donors (Lipinski definition) is 0. The molecule has 0 unspecified atom stereocenters. The molecule has 3 aromatic rings. The molecule has 3 rings (SSSR count). The molecule has 0 radical (unpaired) electrons. The number of hydrogen-bond acceptors (Lipinski definition) is 8. The lowest BCUT2D eigenvalue weighted by Crippen LogP contribution is -2.04.